The number of ether oxygens (including phenoxy) is 4. The van der Waals surface area contributed by atoms with Crippen molar-refractivity contribution in [2.75, 3.05) is 26.4 Å². The summed E-state index contributed by atoms with van der Waals surface area (Å²) in [5.41, 5.74) is 1.33. The van der Waals surface area contributed by atoms with Crippen LogP contribution in [0.5, 0.6) is 23.0 Å². The van der Waals surface area contributed by atoms with E-state index in [-0.39, 0.29) is 48.0 Å². The fourth-order valence-electron chi connectivity index (χ4n) is 8.71. The molecule has 98 heavy (non-hydrogen) atoms. The van der Waals surface area contributed by atoms with Gasteiger partial charge in [0.15, 0.2) is 0 Å². The summed E-state index contributed by atoms with van der Waals surface area (Å²) in [6, 6.07) is 12.7. The highest BCUT2D eigenvalue weighted by Crippen LogP contribution is 2.66. The lowest BCUT2D eigenvalue weighted by atomic mass is 9.88. The highest BCUT2D eigenvalue weighted by Gasteiger charge is 2.97. The Morgan fingerprint density at radius 3 is 0.806 bits per heavy atom. The van der Waals surface area contributed by atoms with E-state index in [1.807, 2.05) is 27.7 Å². The Kier molecular flexibility index (Phi) is 27.3. The van der Waals surface area contributed by atoms with Crippen molar-refractivity contribution in [3.05, 3.63) is 82.9 Å². The average molecular weight is 1490 g/mol. The van der Waals surface area contributed by atoms with Crippen molar-refractivity contribution in [3.63, 3.8) is 0 Å². The van der Waals surface area contributed by atoms with Crippen LogP contribution in [0, 0.1) is 11.8 Å². The molecular formula is C60H60F34O4. The summed E-state index contributed by atoms with van der Waals surface area (Å²) < 4.78 is 489. The topological polar surface area (TPSA) is 36.9 Å². The Bertz CT molecular complexity index is 2860. The third-order valence-corrected chi connectivity index (χ3v) is 15.2. The number of unbranched alkanes of at least 4 members (excludes halogenated alkanes) is 2. The molecule has 0 bridgehead atoms. The second kappa shape index (κ2) is 31.1. The Morgan fingerprint density at radius 2 is 0.561 bits per heavy atom. The Balaban J connectivity index is 1.92. The zero-order chi connectivity index (χ0) is 75.8. The monoisotopic (exact) mass is 1490 g/mol. The number of rotatable bonds is 40. The van der Waals surface area contributed by atoms with E-state index >= 15 is 0 Å². The van der Waals surface area contributed by atoms with Crippen molar-refractivity contribution < 1.29 is 168 Å². The van der Waals surface area contributed by atoms with E-state index in [9.17, 15) is 149 Å². The zero-order valence-corrected chi connectivity index (χ0v) is 51.0. The van der Waals surface area contributed by atoms with Gasteiger partial charge in [0.1, 0.15) is 23.0 Å². The lowest BCUT2D eigenvalue weighted by Gasteiger charge is -2.42. The van der Waals surface area contributed by atoms with Gasteiger partial charge in [0.2, 0.25) is 0 Å². The van der Waals surface area contributed by atoms with Gasteiger partial charge in [0.25, 0.3) is 0 Å². The van der Waals surface area contributed by atoms with Crippen LogP contribution in [0.1, 0.15) is 127 Å². The van der Waals surface area contributed by atoms with Gasteiger partial charge in [-0.2, -0.15) is 149 Å². The van der Waals surface area contributed by atoms with E-state index in [2.05, 4.69) is 0 Å². The number of hydrogen-bond donors (Lipinski definition) is 0. The van der Waals surface area contributed by atoms with Gasteiger partial charge in [-0.25, -0.2) is 0 Å². The predicted molar refractivity (Wildman–Crippen MR) is 286 cm³/mol. The molecule has 0 aliphatic carbocycles. The summed E-state index contributed by atoms with van der Waals surface area (Å²) in [7, 11) is 0. The molecule has 0 aliphatic rings. The molecule has 3 rings (SSSR count). The first kappa shape index (κ1) is 86.2. The van der Waals surface area contributed by atoms with Crippen molar-refractivity contribution in [3.8, 4) is 23.0 Å². The van der Waals surface area contributed by atoms with Gasteiger partial charge in [0, 0.05) is 24.0 Å². The Hall–Kier alpha value is -6.04. The van der Waals surface area contributed by atoms with Crippen LogP contribution >= 0.6 is 0 Å². The van der Waals surface area contributed by atoms with E-state index in [0.717, 1.165) is 62.8 Å². The van der Waals surface area contributed by atoms with E-state index in [0.29, 0.717) is 35.1 Å². The summed E-state index contributed by atoms with van der Waals surface area (Å²) in [5, 5.41) is 0. The maximum atomic E-state index is 14.5. The highest BCUT2D eigenvalue weighted by atomic mass is 19.4. The second-order valence-corrected chi connectivity index (χ2v) is 22.4. The van der Waals surface area contributed by atoms with Crippen molar-refractivity contribution >= 4 is 24.3 Å². The van der Waals surface area contributed by atoms with Crippen LogP contribution in [-0.2, 0) is 0 Å². The molecule has 38 heteroatoms. The fraction of sp³-hybridized carbons (Fsp3) is 0.633. The molecule has 0 heterocycles. The number of benzene rings is 3. The molecule has 0 saturated heterocycles. The van der Waals surface area contributed by atoms with Gasteiger partial charge in [0.05, 0.1) is 26.4 Å². The smallest absolute Gasteiger partial charge is 0.460 e. The summed E-state index contributed by atoms with van der Waals surface area (Å²) in [6.07, 6.45) is -12.2. The maximum absolute atomic E-state index is 14.5. The second-order valence-electron chi connectivity index (χ2n) is 22.4. The highest BCUT2D eigenvalue weighted by molar-refractivity contribution is 5.79. The van der Waals surface area contributed by atoms with Crippen LogP contribution < -0.4 is 18.9 Å². The molecule has 3 aromatic carbocycles. The third kappa shape index (κ3) is 17.1. The molecule has 2 unspecified atom stereocenters. The number of halogens is 34. The molecule has 0 amide bonds. The van der Waals surface area contributed by atoms with Crippen LogP contribution in [0.2, 0.25) is 0 Å². The largest absolute Gasteiger partial charge is 0.494 e. The quantitative estimate of drug-likeness (QED) is 0.0323. The van der Waals surface area contributed by atoms with Crippen molar-refractivity contribution in [1.29, 1.82) is 0 Å². The molecule has 0 aliphatic heterocycles. The molecule has 0 spiro atoms. The Morgan fingerprint density at radius 1 is 0.306 bits per heavy atom. The normalized spacial score (nSPS) is 15.3. The maximum Gasteiger partial charge on any atom is 0.460 e. The van der Waals surface area contributed by atoms with Crippen LogP contribution in [0.4, 0.5) is 149 Å². The van der Waals surface area contributed by atoms with E-state index in [1.54, 1.807) is 12.1 Å². The SMILES string of the molecule is CCCCC(CC)COc1cc(/C=C/c2ccc(OCCCC(F)(F)C(F)(F)C(F)(F)C(F)(F)C(F)(F)C(F)(F)C(F)(F)C(F)(F)F)cc2)c(OCC(CC)CCCC)cc1/C=C/c1ccc(OCCCC(F)(F)C(F)(F)C(F)(F)C(F)(F)C(F)(F)C(F)(F)C(F)(F)C(F)(F)F)cc1. The first-order valence-corrected chi connectivity index (χ1v) is 29.0. The minimum Gasteiger partial charge on any atom is -0.494 e. The average Bonchev–Trinajstić information content (AvgIpc) is 0.703. The predicted octanol–water partition coefficient (Wildman–Crippen LogP) is 23.6. The first-order chi connectivity index (χ1) is 44.3. The summed E-state index contributed by atoms with van der Waals surface area (Å²) in [6.45, 7) is 5.64. The van der Waals surface area contributed by atoms with Crippen molar-refractivity contribution in [2.45, 2.75) is 200 Å². The van der Waals surface area contributed by atoms with E-state index in [1.165, 1.54) is 48.6 Å². The van der Waals surface area contributed by atoms with Gasteiger partial charge in [-0.05, 0) is 85.0 Å². The Labute approximate surface area is 536 Å². The number of alkyl halides is 34. The molecule has 2 atom stereocenters. The van der Waals surface area contributed by atoms with Crippen LogP contribution in [-0.4, -0.2) is 122 Å². The van der Waals surface area contributed by atoms with Gasteiger partial charge in [-0.1, -0.05) is 115 Å². The number of hydrogen-bond acceptors (Lipinski definition) is 4. The minimum absolute atomic E-state index is 0.0149. The fourth-order valence-corrected chi connectivity index (χ4v) is 8.71. The molecule has 0 radical (unpaired) electrons. The molecule has 562 valence electrons. The summed E-state index contributed by atoms with van der Waals surface area (Å²) in [5.74, 6) is -115. The lowest BCUT2D eigenvalue weighted by molar-refractivity contribution is -0.461. The summed E-state index contributed by atoms with van der Waals surface area (Å²) >= 11 is 0. The summed E-state index contributed by atoms with van der Waals surface area (Å²) in [4.78, 5) is 0. The van der Waals surface area contributed by atoms with Gasteiger partial charge < -0.3 is 18.9 Å². The van der Waals surface area contributed by atoms with Crippen LogP contribution in [0.3, 0.4) is 0 Å². The van der Waals surface area contributed by atoms with E-state index in [4.69, 9.17) is 18.9 Å². The third-order valence-electron chi connectivity index (χ3n) is 15.2. The molecule has 0 N–H and O–H groups in total. The lowest BCUT2D eigenvalue weighted by Crippen LogP contribution is -2.74. The molecule has 3 aromatic rings. The van der Waals surface area contributed by atoms with Gasteiger partial charge in [-0.3, -0.25) is 0 Å². The van der Waals surface area contributed by atoms with Crippen LogP contribution in [0.15, 0.2) is 60.7 Å². The standard InChI is InChI=1S/C60H60F34O4/c1-5-9-13-35(7-3)33-97-43-31-40(22-16-38-19-25-42(26-20-38)96-30-12-28-46(63,64)48(67,68)50(71,72)52(75,76)54(79,80)56(83,84)58(87,88)60(92,93)94)44(98-34-36(8-4)14-10-6-2)32-39(43)21-15-37-17-23-41(24-18-37)95-29-11-27-45(61,62)47(65,66)49(69,70)51(73,74)53(77,78)55(81,82)57(85,86)59(89,90)91/h15-26,31-32,35-36H,5-14,27-30,33-34H2,1-4H3/b21-15+,22-16+. The molecular weight excluding hydrogens is 1430 g/mol. The molecule has 0 aromatic heterocycles. The van der Waals surface area contributed by atoms with E-state index < -0.39 is 134 Å². The van der Waals surface area contributed by atoms with Crippen molar-refractivity contribution in [2.24, 2.45) is 11.8 Å². The molecule has 0 fully saturated rings. The first-order valence-electron chi connectivity index (χ1n) is 29.0. The van der Waals surface area contributed by atoms with Gasteiger partial charge in [-0.15, -0.1) is 0 Å². The minimum atomic E-state index is -8.76. The molecule has 4 nitrogen and oxygen atoms in total. The molecule has 0 saturated carbocycles. The van der Waals surface area contributed by atoms with Crippen LogP contribution in [0.25, 0.3) is 24.3 Å². The van der Waals surface area contributed by atoms with Crippen molar-refractivity contribution in [1.82, 2.24) is 0 Å². The van der Waals surface area contributed by atoms with Gasteiger partial charge >= 0.3 is 95.3 Å². The zero-order valence-electron chi connectivity index (χ0n) is 51.0.